The second-order valence-corrected chi connectivity index (χ2v) is 3.82. The van der Waals surface area contributed by atoms with E-state index < -0.39 is 11.9 Å². The summed E-state index contributed by atoms with van der Waals surface area (Å²) < 4.78 is 0. The highest BCUT2D eigenvalue weighted by Crippen LogP contribution is 2.14. The Kier molecular flexibility index (Phi) is 4.51. The third-order valence-corrected chi connectivity index (χ3v) is 2.39. The van der Waals surface area contributed by atoms with E-state index in [0.29, 0.717) is 18.5 Å². The number of benzene rings is 1. The third-order valence-electron chi connectivity index (χ3n) is 2.39. The summed E-state index contributed by atoms with van der Waals surface area (Å²) in [6.07, 6.45) is 0.706. The minimum Gasteiger partial charge on any atom is -0.481 e. The van der Waals surface area contributed by atoms with Crippen molar-refractivity contribution in [3.8, 4) is 0 Å². The first-order valence-corrected chi connectivity index (χ1v) is 5.37. The maximum atomic E-state index is 11.0. The van der Waals surface area contributed by atoms with E-state index in [2.05, 4.69) is 5.32 Å². The van der Waals surface area contributed by atoms with Crippen molar-refractivity contribution in [3.63, 3.8) is 0 Å². The number of nitrogens with two attached hydrogens (primary N) is 1. The Morgan fingerprint density at radius 1 is 1.41 bits per heavy atom. The topological polar surface area (TPSA) is 92.4 Å². The van der Waals surface area contributed by atoms with Gasteiger partial charge in [-0.05, 0) is 37.1 Å². The van der Waals surface area contributed by atoms with Gasteiger partial charge in [-0.15, -0.1) is 0 Å². The molecular weight excluding hydrogens is 220 g/mol. The molecule has 1 amide bonds. The summed E-state index contributed by atoms with van der Waals surface area (Å²) in [7, 11) is 0. The van der Waals surface area contributed by atoms with Crippen LogP contribution < -0.4 is 11.1 Å². The lowest BCUT2D eigenvalue weighted by molar-refractivity contribution is -0.137. The number of nitrogens with one attached hydrogen (secondary N) is 1. The molecule has 0 saturated heterocycles. The number of carbonyl (C=O) groups is 2. The summed E-state index contributed by atoms with van der Waals surface area (Å²) in [5.74, 6) is -1.24. The van der Waals surface area contributed by atoms with Gasteiger partial charge in [0.1, 0.15) is 0 Å². The maximum absolute atomic E-state index is 11.0. The van der Waals surface area contributed by atoms with Crippen LogP contribution in [0.5, 0.6) is 0 Å². The molecule has 1 rings (SSSR count). The number of anilines is 1. The van der Waals surface area contributed by atoms with Crippen LogP contribution in [0.1, 0.15) is 28.8 Å². The van der Waals surface area contributed by atoms with E-state index >= 15 is 0 Å². The molecule has 17 heavy (non-hydrogen) atoms. The molecule has 5 heteroatoms. The number of rotatable bonds is 6. The van der Waals surface area contributed by atoms with Crippen molar-refractivity contribution in [2.75, 3.05) is 11.9 Å². The second kappa shape index (κ2) is 5.89. The summed E-state index contributed by atoms with van der Waals surface area (Å²) >= 11 is 0. The average Bonchev–Trinajstić information content (AvgIpc) is 2.23. The van der Waals surface area contributed by atoms with E-state index in [4.69, 9.17) is 10.8 Å². The van der Waals surface area contributed by atoms with Crippen LogP contribution in [-0.4, -0.2) is 23.5 Å². The van der Waals surface area contributed by atoms with Gasteiger partial charge in [0.05, 0.1) is 0 Å². The summed E-state index contributed by atoms with van der Waals surface area (Å²) in [6, 6.07) is 5.24. The molecular formula is C12H16N2O3. The van der Waals surface area contributed by atoms with Crippen molar-refractivity contribution in [2.45, 2.75) is 19.8 Å². The predicted octanol–water partition coefficient (Wildman–Crippen LogP) is 1.37. The number of amides is 1. The lowest BCUT2D eigenvalue weighted by atomic mass is 10.1. The first-order valence-electron chi connectivity index (χ1n) is 5.37. The van der Waals surface area contributed by atoms with Crippen LogP contribution in [0.3, 0.4) is 0 Å². The quantitative estimate of drug-likeness (QED) is 0.650. The van der Waals surface area contributed by atoms with Gasteiger partial charge in [0.25, 0.3) is 0 Å². The zero-order valence-electron chi connectivity index (χ0n) is 9.69. The number of hydrogen-bond acceptors (Lipinski definition) is 3. The molecule has 4 N–H and O–H groups in total. The van der Waals surface area contributed by atoms with Gasteiger partial charge in [0, 0.05) is 24.2 Å². The number of carboxylic acid groups (broad SMARTS) is 1. The molecule has 1 aromatic rings. The first-order chi connectivity index (χ1) is 8.00. The maximum Gasteiger partial charge on any atom is 0.303 e. The van der Waals surface area contributed by atoms with Gasteiger partial charge in [-0.3, -0.25) is 9.59 Å². The Bertz CT molecular complexity index is 430. The molecule has 0 aromatic heterocycles. The number of aryl methyl sites for hydroxylation is 1. The summed E-state index contributed by atoms with van der Waals surface area (Å²) in [5, 5.41) is 11.6. The molecule has 0 heterocycles. The fraction of sp³-hybridized carbons (Fsp3) is 0.333. The number of primary amides is 1. The lowest BCUT2D eigenvalue weighted by Crippen LogP contribution is -2.13. The standard InChI is InChI=1S/C12H16N2O3/c1-8-7-9(4-5-10(8)12(13)17)14-6-2-3-11(15)16/h4-5,7,14H,2-3,6H2,1H3,(H2,13,17)(H,15,16). The van der Waals surface area contributed by atoms with Crippen LogP contribution in [0.25, 0.3) is 0 Å². The van der Waals surface area contributed by atoms with Gasteiger partial charge in [0.2, 0.25) is 5.91 Å². The zero-order chi connectivity index (χ0) is 12.8. The Balaban J connectivity index is 2.53. The van der Waals surface area contributed by atoms with Crippen LogP contribution >= 0.6 is 0 Å². The highest BCUT2D eigenvalue weighted by Gasteiger charge is 2.05. The molecule has 0 bridgehead atoms. The van der Waals surface area contributed by atoms with Crippen molar-refractivity contribution in [1.29, 1.82) is 0 Å². The molecule has 1 aromatic carbocycles. The minimum atomic E-state index is -0.799. The minimum absolute atomic E-state index is 0.144. The van der Waals surface area contributed by atoms with E-state index in [9.17, 15) is 9.59 Å². The Morgan fingerprint density at radius 2 is 2.12 bits per heavy atom. The van der Waals surface area contributed by atoms with Crippen molar-refractivity contribution in [1.82, 2.24) is 0 Å². The molecule has 0 aliphatic carbocycles. The van der Waals surface area contributed by atoms with Crippen LogP contribution in [0.4, 0.5) is 5.69 Å². The van der Waals surface area contributed by atoms with E-state index in [1.165, 1.54) is 0 Å². The van der Waals surface area contributed by atoms with Gasteiger partial charge in [0.15, 0.2) is 0 Å². The zero-order valence-corrected chi connectivity index (χ0v) is 9.69. The number of carboxylic acids is 1. The van der Waals surface area contributed by atoms with Gasteiger partial charge in [-0.2, -0.15) is 0 Å². The average molecular weight is 236 g/mol. The molecule has 0 aliphatic heterocycles. The number of hydrogen-bond donors (Lipinski definition) is 3. The van der Waals surface area contributed by atoms with Crippen LogP contribution in [0.15, 0.2) is 18.2 Å². The molecule has 0 fully saturated rings. The normalized spacial score (nSPS) is 9.94. The summed E-state index contributed by atoms with van der Waals surface area (Å²) in [6.45, 7) is 2.39. The second-order valence-electron chi connectivity index (χ2n) is 3.82. The van der Waals surface area contributed by atoms with E-state index in [-0.39, 0.29) is 6.42 Å². The van der Waals surface area contributed by atoms with Gasteiger partial charge < -0.3 is 16.2 Å². The monoisotopic (exact) mass is 236 g/mol. The smallest absolute Gasteiger partial charge is 0.303 e. The molecule has 5 nitrogen and oxygen atoms in total. The van der Waals surface area contributed by atoms with E-state index in [1.54, 1.807) is 12.1 Å². The fourth-order valence-electron chi connectivity index (χ4n) is 1.52. The Morgan fingerprint density at radius 3 is 2.65 bits per heavy atom. The summed E-state index contributed by atoms with van der Waals surface area (Å²) in [5.41, 5.74) is 7.36. The van der Waals surface area contributed by atoms with Crippen LogP contribution in [0.2, 0.25) is 0 Å². The van der Waals surface area contributed by atoms with Crippen LogP contribution in [0, 0.1) is 6.92 Å². The highest BCUT2D eigenvalue weighted by molar-refractivity contribution is 5.94. The molecule has 0 saturated carbocycles. The van der Waals surface area contributed by atoms with Crippen molar-refractivity contribution in [3.05, 3.63) is 29.3 Å². The Hall–Kier alpha value is -2.04. The summed E-state index contributed by atoms with van der Waals surface area (Å²) in [4.78, 5) is 21.3. The number of aliphatic carboxylic acids is 1. The third kappa shape index (κ3) is 4.14. The van der Waals surface area contributed by atoms with Crippen molar-refractivity contribution >= 4 is 17.6 Å². The molecule has 0 radical (unpaired) electrons. The fourth-order valence-corrected chi connectivity index (χ4v) is 1.52. The van der Waals surface area contributed by atoms with Crippen molar-refractivity contribution < 1.29 is 14.7 Å². The van der Waals surface area contributed by atoms with Gasteiger partial charge >= 0.3 is 5.97 Å². The largest absolute Gasteiger partial charge is 0.481 e. The first kappa shape index (κ1) is 13.0. The van der Waals surface area contributed by atoms with Gasteiger partial charge in [-0.1, -0.05) is 0 Å². The van der Waals surface area contributed by atoms with E-state index in [1.807, 2.05) is 13.0 Å². The molecule has 0 atom stereocenters. The SMILES string of the molecule is Cc1cc(NCCCC(=O)O)ccc1C(N)=O. The lowest BCUT2D eigenvalue weighted by Gasteiger charge is -2.08. The Labute approximate surface area is 99.6 Å². The molecule has 0 unspecified atom stereocenters. The number of carbonyl (C=O) groups excluding carboxylic acids is 1. The van der Waals surface area contributed by atoms with Crippen LogP contribution in [-0.2, 0) is 4.79 Å². The van der Waals surface area contributed by atoms with E-state index in [0.717, 1.165) is 11.3 Å². The van der Waals surface area contributed by atoms with Crippen molar-refractivity contribution in [2.24, 2.45) is 5.73 Å². The molecule has 0 aliphatic rings. The predicted molar refractivity (Wildman–Crippen MR) is 65.1 cm³/mol. The molecule has 0 spiro atoms. The molecule has 92 valence electrons. The highest BCUT2D eigenvalue weighted by atomic mass is 16.4. The van der Waals surface area contributed by atoms with Gasteiger partial charge in [-0.25, -0.2) is 0 Å².